The van der Waals surface area contributed by atoms with Gasteiger partial charge in [0.2, 0.25) is 0 Å². The van der Waals surface area contributed by atoms with Crippen LogP contribution in [0.1, 0.15) is 113 Å². The summed E-state index contributed by atoms with van der Waals surface area (Å²) in [7, 11) is 0. The minimum absolute atomic E-state index is 0.195. The van der Waals surface area contributed by atoms with Crippen LogP contribution < -0.4 is 5.32 Å². The molecule has 1 heterocycles. The normalized spacial score (nSPS) is 15.6. The number of carbonyl (C=O) groups excluding carboxylic acids is 1. The van der Waals surface area contributed by atoms with Crippen molar-refractivity contribution in [3.05, 3.63) is 29.3 Å². The van der Waals surface area contributed by atoms with E-state index < -0.39 is 12.0 Å². The molecule has 0 aromatic heterocycles. The Morgan fingerprint density at radius 2 is 1.50 bits per heavy atom. The first-order chi connectivity index (χ1) is 16.5. The smallest absolute Gasteiger partial charge is 0.327 e. The summed E-state index contributed by atoms with van der Waals surface area (Å²) in [6.45, 7) is 5.21. The molecular formula is C28H46N2O3S. The maximum Gasteiger partial charge on any atom is 0.327 e. The average molecular weight is 491 g/mol. The summed E-state index contributed by atoms with van der Waals surface area (Å²) in [5.41, 5.74) is 2.64. The van der Waals surface area contributed by atoms with E-state index in [1.54, 1.807) is 0 Å². The molecule has 5 nitrogen and oxygen atoms in total. The van der Waals surface area contributed by atoms with E-state index in [1.807, 2.05) is 25.1 Å². The number of nitrogens with one attached hydrogen (secondary N) is 1. The van der Waals surface area contributed by atoms with Crippen LogP contribution in [0.4, 0.5) is 5.69 Å². The van der Waals surface area contributed by atoms with Crippen LogP contribution in [0.2, 0.25) is 0 Å². The summed E-state index contributed by atoms with van der Waals surface area (Å²) in [4.78, 5) is 25.6. The highest BCUT2D eigenvalue weighted by atomic mass is 32.2. The third-order valence-corrected chi connectivity index (χ3v) is 7.76. The number of carboxylic acid groups (broad SMARTS) is 1. The number of anilines is 1. The summed E-state index contributed by atoms with van der Waals surface area (Å²) >= 11 is 1.49. The number of hydrogen-bond donors (Lipinski definition) is 2. The van der Waals surface area contributed by atoms with Crippen LogP contribution in [-0.4, -0.2) is 46.1 Å². The molecule has 1 saturated heterocycles. The van der Waals surface area contributed by atoms with Gasteiger partial charge in [-0.25, -0.2) is 4.79 Å². The van der Waals surface area contributed by atoms with Crippen molar-refractivity contribution in [1.82, 2.24) is 4.90 Å². The van der Waals surface area contributed by atoms with E-state index in [4.69, 9.17) is 0 Å². The molecule has 2 N–H and O–H groups in total. The number of rotatable bonds is 18. The molecule has 1 aliphatic rings. The van der Waals surface area contributed by atoms with Crippen molar-refractivity contribution in [2.75, 3.05) is 23.5 Å². The molecule has 192 valence electrons. The van der Waals surface area contributed by atoms with Gasteiger partial charge in [-0.2, -0.15) is 0 Å². The second-order valence-corrected chi connectivity index (χ2v) is 10.7. The van der Waals surface area contributed by atoms with Gasteiger partial charge in [-0.15, -0.1) is 11.8 Å². The zero-order chi connectivity index (χ0) is 24.6. The van der Waals surface area contributed by atoms with Crippen molar-refractivity contribution in [3.63, 3.8) is 0 Å². The van der Waals surface area contributed by atoms with Gasteiger partial charge in [0.15, 0.2) is 0 Å². The molecule has 0 bridgehead atoms. The number of carbonyl (C=O) groups is 2. The van der Waals surface area contributed by atoms with Crippen LogP contribution in [0.5, 0.6) is 0 Å². The molecule has 1 fully saturated rings. The first-order valence-corrected chi connectivity index (χ1v) is 14.7. The van der Waals surface area contributed by atoms with Crippen LogP contribution in [-0.2, 0) is 4.79 Å². The number of unbranched alkanes of at least 4 members (excludes halogenated alkanes) is 13. The molecule has 1 aromatic carbocycles. The molecule has 0 saturated carbocycles. The van der Waals surface area contributed by atoms with E-state index in [9.17, 15) is 14.7 Å². The van der Waals surface area contributed by atoms with Crippen molar-refractivity contribution in [1.29, 1.82) is 0 Å². The third-order valence-electron chi connectivity index (χ3n) is 6.75. The average Bonchev–Trinajstić information content (AvgIpc) is 3.32. The van der Waals surface area contributed by atoms with Gasteiger partial charge in [0.25, 0.3) is 5.91 Å². The van der Waals surface area contributed by atoms with Gasteiger partial charge in [-0.05, 0) is 37.1 Å². The Labute approximate surface area is 211 Å². The minimum Gasteiger partial charge on any atom is -0.480 e. The lowest BCUT2D eigenvalue weighted by Crippen LogP contribution is -2.41. The van der Waals surface area contributed by atoms with Gasteiger partial charge >= 0.3 is 5.97 Å². The van der Waals surface area contributed by atoms with Gasteiger partial charge in [-0.1, -0.05) is 90.4 Å². The topological polar surface area (TPSA) is 69.6 Å². The lowest BCUT2D eigenvalue weighted by atomic mass is 10.0. The van der Waals surface area contributed by atoms with Gasteiger partial charge in [-0.3, -0.25) is 4.79 Å². The Kier molecular flexibility index (Phi) is 14.2. The predicted octanol–water partition coefficient (Wildman–Crippen LogP) is 7.49. The Balaban J connectivity index is 1.53. The van der Waals surface area contributed by atoms with Crippen molar-refractivity contribution in [3.8, 4) is 0 Å². The lowest BCUT2D eigenvalue weighted by Gasteiger charge is -2.21. The summed E-state index contributed by atoms with van der Waals surface area (Å²) < 4.78 is 0. The number of aliphatic carboxylic acids is 1. The SMILES string of the molecule is CCCCCCCCCCCCCCCCNc1ccc(C(=O)N2CSCC2C(=O)O)cc1C. The fourth-order valence-corrected chi connectivity index (χ4v) is 5.70. The first kappa shape index (κ1) is 28.5. The van der Waals surface area contributed by atoms with E-state index >= 15 is 0 Å². The molecule has 0 radical (unpaired) electrons. The second-order valence-electron chi connectivity index (χ2n) is 9.68. The number of thioether (sulfide) groups is 1. The molecule has 2 rings (SSSR count). The highest BCUT2D eigenvalue weighted by molar-refractivity contribution is 7.99. The molecule has 0 spiro atoms. The van der Waals surface area contributed by atoms with Gasteiger partial charge in [0.05, 0.1) is 5.88 Å². The molecule has 1 amide bonds. The standard InChI is InChI=1S/C28H46N2O3S/c1-3-4-5-6-7-8-9-10-11-12-13-14-15-16-19-29-25-18-17-24(20-23(25)2)27(31)30-22-34-21-26(30)28(32)33/h17-18,20,26,29H,3-16,19,21-22H2,1-2H3,(H,32,33). The largest absolute Gasteiger partial charge is 0.480 e. The molecule has 1 aliphatic heterocycles. The maximum absolute atomic E-state index is 12.8. The van der Waals surface area contributed by atoms with E-state index in [-0.39, 0.29) is 5.91 Å². The molecular weight excluding hydrogens is 444 g/mol. The zero-order valence-corrected chi connectivity index (χ0v) is 22.3. The van der Waals surface area contributed by atoms with Gasteiger partial charge in [0.1, 0.15) is 6.04 Å². The van der Waals surface area contributed by atoms with Gasteiger partial charge in [0, 0.05) is 23.5 Å². The number of nitrogens with zero attached hydrogens (tertiary/aromatic N) is 1. The van der Waals surface area contributed by atoms with Crippen molar-refractivity contribution in [2.24, 2.45) is 0 Å². The summed E-state index contributed by atoms with van der Waals surface area (Å²) in [5, 5.41) is 12.8. The van der Waals surface area contributed by atoms with Crippen LogP contribution in [0.15, 0.2) is 18.2 Å². The van der Waals surface area contributed by atoms with Gasteiger partial charge < -0.3 is 15.3 Å². The Morgan fingerprint density at radius 3 is 2.03 bits per heavy atom. The predicted molar refractivity (Wildman–Crippen MR) is 145 cm³/mol. The maximum atomic E-state index is 12.8. The Bertz CT molecular complexity index is 740. The van der Waals surface area contributed by atoms with Crippen molar-refractivity contribution in [2.45, 2.75) is 110 Å². The van der Waals surface area contributed by atoms with E-state index in [0.717, 1.165) is 24.2 Å². The minimum atomic E-state index is -0.929. The zero-order valence-electron chi connectivity index (χ0n) is 21.4. The molecule has 0 aliphatic carbocycles. The fourth-order valence-electron chi connectivity index (χ4n) is 4.55. The Hall–Kier alpha value is -1.69. The summed E-state index contributed by atoms with van der Waals surface area (Å²) in [5.74, 6) is -0.229. The van der Waals surface area contributed by atoms with Crippen molar-refractivity contribution >= 4 is 29.3 Å². The molecule has 6 heteroatoms. The number of amides is 1. The first-order valence-electron chi connectivity index (χ1n) is 13.5. The van der Waals surface area contributed by atoms with Crippen LogP contribution >= 0.6 is 11.8 Å². The fraction of sp³-hybridized carbons (Fsp3) is 0.714. The van der Waals surface area contributed by atoms with Crippen LogP contribution in [0.3, 0.4) is 0 Å². The third kappa shape index (κ3) is 10.3. The highest BCUT2D eigenvalue weighted by Gasteiger charge is 2.35. The number of hydrogen-bond acceptors (Lipinski definition) is 4. The molecule has 1 aromatic rings. The van der Waals surface area contributed by atoms with E-state index in [2.05, 4.69) is 12.2 Å². The van der Waals surface area contributed by atoms with E-state index in [0.29, 0.717) is 17.2 Å². The summed E-state index contributed by atoms with van der Waals surface area (Å²) in [6, 6.07) is 4.91. The van der Waals surface area contributed by atoms with Crippen LogP contribution in [0, 0.1) is 6.92 Å². The van der Waals surface area contributed by atoms with Crippen molar-refractivity contribution < 1.29 is 14.7 Å². The van der Waals surface area contributed by atoms with E-state index in [1.165, 1.54) is 100 Å². The monoisotopic (exact) mass is 490 g/mol. The Morgan fingerprint density at radius 1 is 0.941 bits per heavy atom. The molecule has 1 atom stereocenters. The number of benzene rings is 1. The lowest BCUT2D eigenvalue weighted by molar-refractivity contribution is -0.140. The number of carboxylic acids is 1. The quantitative estimate of drug-likeness (QED) is 0.209. The second kappa shape index (κ2) is 16.9. The number of aryl methyl sites for hydroxylation is 1. The summed E-state index contributed by atoms with van der Waals surface area (Å²) in [6.07, 6.45) is 19.1. The molecule has 1 unspecified atom stereocenters. The molecule has 34 heavy (non-hydrogen) atoms. The van der Waals surface area contributed by atoms with Crippen LogP contribution in [0.25, 0.3) is 0 Å². The highest BCUT2D eigenvalue weighted by Crippen LogP contribution is 2.25.